The monoisotopic (exact) mass is 496 g/mol. The molecule has 36 heavy (non-hydrogen) atoms. The standard InChI is InChI=1S/C27H36N4O5/c1-9-20(17-10-12-19-21(14-17)30(8)24(34)27(6,7)23(33)29-19)31(25(35)36-26(3,4)5)15-18-11-13-22(32)28-16(18)2/h10-14,20H,9,15H2,1-8H3,(H,28,32)(H,29,33). The first-order valence-electron chi connectivity index (χ1n) is 12.1. The number of rotatable bonds is 5. The maximum atomic E-state index is 13.4. The van der Waals surface area contributed by atoms with E-state index in [2.05, 4.69) is 10.3 Å². The minimum atomic E-state index is -1.22. The molecule has 1 atom stereocenters. The number of aromatic nitrogens is 1. The van der Waals surface area contributed by atoms with Gasteiger partial charge < -0.3 is 19.9 Å². The number of benzene rings is 1. The van der Waals surface area contributed by atoms with E-state index in [4.69, 9.17) is 4.74 Å². The molecule has 0 radical (unpaired) electrons. The van der Waals surface area contributed by atoms with Gasteiger partial charge >= 0.3 is 6.09 Å². The summed E-state index contributed by atoms with van der Waals surface area (Å²) in [6, 6.07) is 8.19. The molecule has 9 nitrogen and oxygen atoms in total. The third-order valence-corrected chi connectivity index (χ3v) is 6.38. The average molecular weight is 497 g/mol. The van der Waals surface area contributed by atoms with Crippen molar-refractivity contribution in [3.8, 4) is 0 Å². The number of anilines is 2. The fourth-order valence-corrected chi connectivity index (χ4v) is 4.26. The van der Waals surface area contributed by atoms with E-state index in [1.54, 1.807) is 44.9 Å². The molecule has 9 heteroatoms. The number of nitrogens with one attached hydrogen (secondary N) is 2. The van der Waals surface area contributed by atoms with E-state index < -0.39 is 23.2 Å². The van der Waals surface area contributed by atoms with E-state index in [1.165, 1.54) is 11.0 Å². The van der Waals surface area contributed by atoms with Crippen LogP contribution in [0.25, 0.3) is 0 Å². The van der Waals surface area contributed by atoms with Gasteiger partial charge in [-0.15, -0.1) is 0 Å². The van der Waals surface area contributed by atoms with Crippen molar-refractivity contribution >= 4 is 29.3 Å². The Morgan fingerprint density at radius 3 is 2.39 bits per heavy atom. The lowest BCUT2D eigenvalue weighted by atomic mass is 9.91. The van der Waals surface area contributed by atoms with Crippen LogP contribution < -0.4 is 15.8 Å². The van der Waals surface area contributed by atoms with Gasteiger partial charge in [-0.25, -0.2) is 4.79 Å². The highest BCUT2D eigenvalue weighted by molar-refractivity contribution is 6.19. The van der Waals surface area contributed by atoms with Gasteiger partial charge in [0, 0.05) is 18.8 Å². The van der Waals surface area contributed by atoms with E-state index in [9.17, 15) is 19.2 Å². The molecule has 1 unspecified atom stereocenters. The Labute approximate surface area is 211 Å². The number of aromatic amines is 1. The van der Waals surface area contributed by atoms with Gasteiger partial charge in [0.05, 0.1) is 24.0 Å². The topological polar surface area (TPSA) is 112 Å². The van der Waals surface area contributed by atoms with E-state index in [-0.39, 0.29) is 23.9 Å². The first kappa shape index (κ1) is 27.0. The van der Waals surface area contributed by atoms with Gasteiger partial charge in [0.15, 0.2) is 0 Å². The number of aryl methyl sites for hydroxylation is 1. The maximum Gasteiger partial charge on any atom is 0.411 e. The summed E-state index contributed by atoms with van der Waals surface area (Å²) in [6.45, 7) is 12.6. The predicted octanol–water partition coefficient (Wildman–Crippen LogP) is 4.51. The molecule has 2 N–H and O–H groups in total. The van der Waals surface area contributed by atoms with E-state index in [0.29, 0.717) is 23.5 Å². The molecule has 0 aliphatic carbocycles. The van der Waals surface area contributed by atoms with Crippen molar-refractivity contribution in [3.63, 3.8) is 0 Å². The second-order valence-corrected chi connectivity index (χ2v) is 10.7. The van der Waals surface area contributed by atoms with E-state index in [0.717, 1.165) is 11.1 Å². The second-order valence-electron chi connectivity index (χ2n) is 10.7. The molecular weight excluding hydrogens is 460 g/mol. The van der Waals surface area contributed by atoms with Crippen molar-refractivity contribution in [3.05, 3.63) is 57.5 Å². The number of amides is 3. The van der Waals surface area contributed by atoms with Crippen LogP contribution in [0.5, 0.6) is 0 Å². The Morgan fingerprint density at radius 1 is 1.14 bits per heavy atom. The van der Waals surface area contributed by atoms with E-state index in [1.807, 2.05) is 39.8 Å². The average Bonchev–Trinajstić information content (AvgIpc) is 2.83. The Hall–Kier alpha value is -3.62. The number of carbonyl (C=O) groups excluding carboxylic acids is 3. The molecule has 2 heterocycles. The van der Waals surface area contributed by atoms with Gasteiger partial charge in [-0.3, -0.25) is 19.3 Å². The number of pyridine rings is 1. The fraction of sp³-hybridized carbons (Fsp3) is 0.481. The summed E-state index contributed by atoms with van der Waals surface area (Å²) < 4.78 is 5.75. The Balaban J connectivity index is 2.08. The number of hydrogen-bond donors (Lipinski definition) is 2. The lowest BCUT2D eigenvalue weighted by Gasteiger charge is -2.34. The minimum Gasteiger partial charge on any atom is -0.444 e. The quantitative estimate of drug-likeness (QED) is 0.592. The van der Waals surface area contributed by atoms with Gasteiger partial charge in [-0.05, 0) is 71.2 Å². The number of ether oxygens (including phenoxy) is 1. The predicted molar refractivity (Wildman–Crippen MR) is 139 cm³/mol. The van der Waals surface area contributed by atoms with Crippen LogP contribution in [-0.2, 0) is 20.9 Å². The molecule has 0 saturated heterocycles. The highest BCUT2D eigenvalue weighted by atomic mass is 16.6. The molecule has 2 aromatic rings. The molecule has 1 aromatic heterocycles. The number of carbonyl (C=O) groups is 3. The van der Waals surface area contributed by atoms with Gasteiger partial charge in [0.25, 0.3) is 0 Å². The van der Waals surface area contributed by atoms with Crippen LogP contribution in [-0.4, -0.2) is 40.4 Å². The van der Waals surface area contributed by atoms with Crippen LogP contribution >= 0.6 is 0 Å². The lowest BCUT2D eigenvalue weighted by Crippen LogP contribution is -2.43. The molecular formula is C27H36N4O5. The third kappa shape index (κ3) is 5.45. The van der Waals surface area contributed by atoms with Crippen LogP contribution in [0.3, 0.4) is 0 Å². The molecule has 0 fully saturated rings. The first-order chi connectivity index (χ1) is 16.7. The number of nitrogens with zero attached hydrogens (tertiary/aromatic N) is 2. The fourth-order valence-electron chi connectivity index (χ4n) is 4.26. The van der Waals surface area contributed by atoms with Crippen molar-refractivity contribution < 1.29 is 19.1 Å². The van der Waals surface area contributed by atoms with Crippen molar-refractivity contribution in [1.29, 1.82) is 0 Å². The molecule has 194 valence electrons. The van der Waals surface area contributed by atoms with Gasteiger partial charge in [-0.1, -0.05) is 19.1 Å². The zero-order chi connectivity index (χ0) is 27.0. The third-order valence-electron chi connectivity index (χ3n) is 6.38. The zero-order valence-corrected chi connectivity index (χ0v) is 22.3. The van der Waals surface area contributed by atoms with Crippen LogP contribution in [0, 0.1) is 12.3 Å². The molecule has 0 saturated carbocycles. The highest BCUT2D eigenvalue weighted by Gasteiger charge is 2.42. The molecule has 1 aromatic carbocycles. The summed E-state index contributed by atoms with van der Waals surface area (Å²) in [5.41, 5.74) is 1.19. The second kappa shape index (κ2) is 9.79. The summed E-state index contributed by atoms with van der Waals surface area (Å²) >= 11 is 0. The zero-order valence-electron chi connectivity index (χ0n) is 22.3. The van der Waals surface area contributed by atoms with Crippen LogP contribution in [0.2, 0.25) is 0 Å². The minimum absolute atomic E-state index is 0.212. The summed E-state index contributed by atoms with van der Waals surface area (Å²) in [7, 11) is 1.64. The molecule has 0 spiro atoms. The molecule has 3 rings (SSSR count). The maximum absolute atomic E-state index is 13.4. The largest absolute Gasteiger partial charge is 0.444 e. The Morgan fingerprint density at radius 2 is 1.81 bits per heavy atom. The number of H-pyrrole nitrogens is 1. The highest BCUT2D eigenvalue weighted by Crippen LogP contribution is 2.38. The van der Waals surface area contributed by atoms with Gasteiger partial charge in [0.1, 0.15) is 11.0 Å². The Kier molecular flexibility index (Phi) is 7.34. The van der Waals surface area contributed by atoms with Crippen molar-refractivity contribution in [2.45, 2.75) is 73.1 Å². The molecule has 0 bridgehead atoms. The SMILES string of the molecule is CCC(c1ccc2c(c1)N(C)C(=O)C(C)(C)C(=O)N2)N(Cc1ccc(=O)[nH]c1C)C(=O)OC(C)(C)C. The normalized spacial score (nSPS) is 16.1. The lowest BCUT2D eigenvalue weighted by molar-refractivity contribution is -0.136. The molecule has 1 aliphatic heterocycles. The smallest absolute Gasteiger partial charge is 0.411 e. The summed E-state index contributed by atoms with van der Waals surface area (Å²) in [5.74, 6) is -0.696. The van der Waals surface area contributed by atoms with Gasteiger partial charge in [0.2, 0.25) is 17.4 Å². The Bertz CT molecular complexity index is 1240. The number of fused-ring (bicyclic) bond motifs is 1. The van der Waals surface area contributed by atoms with Crippen molar-refractivity contribution in [1.82, 2.24) is 9.88 Å². The van der Waals surface area contributed by atoms with Crippen LogP contribution in [0.1, 0.15) is 70.8 Å². The van der Waals surface area contributed by atoms with Crippen LogP contribution in [0.4, 0.5) is 16.2 Å². The van der Waals surface area contributed by atoms with Crippen molar-refractivity contribution in [2.75, 3.05) is 17.3 Å². The first-order valence-corrected chi connectivity index (χ1v) is 12.1. The number of hydrogen-bond acceptors (Lipinski definition) is 5. The van der Waals surface area contributed by atoms with Crippen LogP contribution in [0.15, 0.2) is 35.1 Å². The summed E-state index contributed by atoms with van der Waals surface area (Å²) in [5, 5.41) is 2.85. The molecule has 3 amide bonds. The summed E-state index contributed by atoms with van der Waals surface area (Å²) in [4.78, 5) is 56.7. The summed E-state index contributed by atoms with van der Waals surface area (Å²) in [6.07, 6.45) is 0.0735. The van der Waals surface area contributed by atoms with Gasteiger partial charge in [-0.2, -0.15) is 0 Å². The van der Waals surface area contributed by atoms with Crippen molar-refractivity contribution in [2.24, 2.45) is 5.41 Å². The molecule has 1 aliphatic rings. The van der Waals surface area contributed by atoms with E-state index >= 15 is 0 Å².